The second-order valence-electron chi connectivity index (χ2n) is 5.04. The minimum absolute atomic E-state index is 0.207. The van der Waals surface area contributed by atoms with Gasteiger partial charge in [0.15, 0.2) is 6.61 Å². The van der Waals surface area contributed by atoms with E-state index in [0.717, 1.165) is 25.7 Å². The Hall–Kier alpha value is -2.17. The van der Waals surface area contributed by atoms with Crippen molar-refractivity contribution in [3.63, 3.8) is 0 Å². The predicted octanol–water partition coefficient (Wildman–Crippen LogP) is 2.44. The third-order valence-electron chi connectivity index (χ3n) is 3.33. The molecule has 0 atom stereocenters. The van der Waals surface area contributed by atoms with Gasteiger partial charge in [-0.3, -0.25) is 4.79 Å². The van der Waals surface area contributed by atoms with Crippen molar-refractivity contribution < 1.29 is 18.7 Å². The van der Waals surface area contributed by atoms with Gasteiger partial charge < -0.3 is 10.1 Å². The minimum atomic E-state index is -0.624. The van der Waals surface area contributed by atoms with Gasteiger partial charge in [0.05, 0.1) is 0 Å². The van der Waals surface area contributed by atoms with Crippen LogP contribution in [-0.4, -0.2) is 24.5 Å². The molecule has 0 radical (unpaired) electrons. The Bertz CT molecular complexity index is 536. The molecule has 0 aliphatic heterocycles. The van der Waals surface area contributed by atoms with Crippen LogP contribution in [0.3, 0.4) is 0 Å². The zero-order valence-electron chi connectivity index (χ0n) is 11.7. The largest absolute Gasteiger partial charge is 0.452 e. The second-order valence-corrected chi connectivity index (χ2v) is 5.04. The summed E-state index contributed by atoms with van der Waals surface area (Å²) in [6, 6.07) is 6.05. The third-order valence-corrected chi connectivity index (χ3v) is 3.33. The highest BCUT2D eigenvalue weighted by atomic mass is 19.1. The molecule has 5 heteroatoms. The number of hydrogen-bond donors (Lipinski definition) is 1. The number of nitrogens with one attached hydrogen (secondary N) is 1. The van der Waals surface area contributed by atoms with Crippen molar-refractivity contribution in [3.05, 3.63) is 41.7 Å². The summed E-state index contributed by atoms with van der Waals surface area (Å²) < 4.78 is 17.8. The van der Waals surface area contributed by atoms with Crippen LogP contribution in [0.5, 0.6) is 0 Å². The lowest BCUT2D eigenvalue weighted by molar-refractivity contribution is -0.144. The van der Waals surface area contributed by atoms with Crippen LogP contribution >= 0.6 is 0 Å². The van der Waals surface area contributed by atoms with Crippen molar-refractivity contribution in [3.8, 4) is 0 Å². The number of esters is 1. The molecule has 0 saturated heterocycles. The van der Waals surface area contributed by atoms with Gasteiger partial charge in [-0.1, -0.05) is 25.0 Å². The van der Waals surface area contributed by atoms with Crippen LogP contribution < -0.4 is 5.32 Å². The summed E-state index contributed by atoms with van der Waals surface area (Å²) in [5.41, 5.74) is 0.558. The summed E-state index contributed by atoms with van der Waals surface area (Å²) in [5.74, 6) is -1.28. The zero-order valence-corrected chi connectivity index (χ0v) is 11.7. The van der Waals surface area contributed by atoms with Crippen LogP contribution in [0, 0.1) is 5.82 Å². The first-order valence-corrected chi connectivity index (χ1v) is 7.03. The normalized spacial score (nSPS) is 15.3. The topological polar surface area (TPSA) is 55.4 Å². The lowest BCUT2D eigenvalue weighted by Gasteiger charge is -2.11. The fourth-order valence-electron chi connectivity index (χ4n) is 2.30. The molecule has 0 aromatic heterocycles. The van der Waals surface area contributed by atoms with Crippen LogP contribution in [-0.2, 0) is 14.3 Å². The lowest BCUT2D eigenvalue weighted by Crippen LogP contribution is -2.35. The molecule has 0 heterocycles. The molecule has 1 N–H and O–H groups in total. The Morgan fingerprint density at radius 2 is 2.10 bits per heavy atom. The van der Waals surface area contributed by atoms with Crippen LogP contribution in [0.25, 0.3) is 6.08 Å². The van der Waals surface area contributed by atoms with Crippen molar-refractivity contribution >= 4 is 18.0 Å². The van der Waals surface area contributed by atoms with Gasteiger partial charge in [0.2, 0.25) is 0 Å². The standard InChI is InChI=1S/C16H18FNO3/c17-13-5-3-4-12(10-13)8-9-16(20)21-11-15(19)18-14-6-1-2-7-14/h3-5,8-10,14H,1-2,6-7,11H2,(H,18,19)/b9-8+. The molecule has 112 valence electrons. The molecule has 1 aliphatic carbocycles. The van der Waals surface area contributed by atoms with Crippen LogP contribution in [0.4, 0.5) is 4.39 Å². The smallest absolute Gasteiger partial charge is 0.331 e. The molecule has 1 fully saturated rings. The van der Waals surface area contributed by atoms with Gasteiger partial charge in [-0.05, 0) is 36.6 Å². The fourth-order valence-corrected chi connectivity index (χ4v) is 2.30. The molecule has 1 amide bonds. The molecular formula is C16H18FNO3. The highest BCUT2D eigenvalue weighted by molar-refractivity contribution is 5.89. The average Bonchev–Trinajstić information content (AvgIpc) is 2.96. The van der Waals surface area contributed by atoms with Gasteiger partial charge in [0.25, 0.3) is 5.91 Å². The summed E-state index contributed by atoms with van der Waals surface area (Å²) in [6.07, 6.45) is 6.85. The zero-order chi connectivity index (χ0) is 15.1. The molecule has 2 rings (SSSR count). The van der Waals surface area contributed by atoms with Crippen molar-refractivity contribution in [2.75, 3.05) is 6.61 Å². The van der Waals surface area contributed by atoms with Crippen molar-refractivity contribution in [1.82, 2.24) is 5.32 Å². The SMILES string of the molecule is O=C(COC(=O)/C=C/c1cccc(F)c1)NC1CCCC1. The van der Waals surface area contributed by atoms with Gasteiger partial charge in [-0.15, -0.1) is 0 Å². The van der Waals surface area contributed by atoms with Crippen molar-refractivity contribution in [2.24, 2.45) is 0 Å². The van der Waals surface area contributed by atoms with E-state index in [4.69, 9.17) is 4.74 Å². The van der Waals surface area contributed by atoms with E-state index in [9.17, 15) is 14.0 Å². The number of ether oxygens (including phenoxy) is 1. The number of benzene rings is 1. The predicted molar refractivity (Wildman–Crippen MR) is 76.8 cm³/mol. The highest BCUT2D eigenvalue weighted by Crippen LogP contribution is 2.17. The molecule has 1 saturated carbocycles. The number of carbonyl (C=O) groups is 2. The maximum atomic E-state index is 12.9. The molecule has 0 spiro atoms. The van der Waals surface area contributed by atoms with E-state index in [1.165, 1.54) is 24.3 Å². The van der Waals surface area contributed by atoms with Crippen LogP contribution in [0.15, 0.2) is 30.3 Å². The monoisotopic (exact) mass is 291 g/mol. The van der Waals surface area contributed by atoms with Gasteiger partial charge in [-0.2, -0.15) is 0 Å². The molecule has 1 aromatic rings. The second kappa shape index (κ2) is 7.57. The van der Waals surface area contributed by atoms with Gasteiger partial charge in [0, 0.05) is 12.1 Å². The average molecular weight is 291 g/mol. The Morgan fingerprint density at radius 3 is 2.81 bits per heavy atom. The maximum absolute atomic E-state index is 12.9. The minimum Gasteiger partial charge on any atom is -0.452 e. The van der Waals surface area contributed by atoms with E-state index in [0.29, 0.717) is 5.56 Å². The first kappa shape index (κ1) is 15.2. The Morgan fingerprint density at radius 1 is 1.33 bits per heavy atom. The molecule has 0 bridgehead atoms. The van der Waals surface area contributed by atoms with Gasteiger partial charge >= 0.3 is 5.97 Å². The van der Waals surface area contributed by atoms with Gasteiger partial charge in [0.1, 0.15) is 5.82 Å². The number of carbonyl (C=O) groups excluding carboxylic acids is 2. The van der Waals surface area contributed by atoms with Crippen LogP contribution in [0.2, 0.25) is 0 Å². The summed E-state index contributed by atoms with van der Waals surface area (Å²) in [6.45, 7) is -0.289. The van der Waals surface area contributed by atoms with Crippen molar-refractivity contribution in [2.45, 2.75) is 31.7 Å². The molecule has 21 heavy (non-hydrogen) atoms. The van der Waals surface area contributed by atoms with E-state index in [2.05, 4.69) is 5.32 Å². The van der Waals surface area contributed by atoms with E-state index in [-0.39, 0.29) is 24.4 Å². The fraction of sp³-hybridized carbons (Fsp3) is 0.375. The quantitative estimate of drug-likeness (QED) is 0.669. The summed E-state index contributed by atoms with van der Waals surface area (Å²) in [5, 5.41) is 2.83. The van der Waals surface area contributed by atoms with E-state index < -0.39 is 5.97 Å². The first-order valence-electron chi connectivity index (χ1n) is 7.03. The number of rotatable bonds is 5. The van der Waals surface area contributed by atoms with Crippen LogP contribution in [0.1, 0.15) is 31.2 Å². The van der Waals surface area contributed by atoms with E-state index in [1.807, 2.05) is 0 Å². The highest BCUT2D eigenvalue weighted by Gasteiger charge is 2.17. The summed E-state index contributed by atoms with van der Waals surface area (Å²) >= 11 is 0. The molecule has 0 unspecified atom stereocenters. The summed E-state index contributed by atoms with van der Waals surface area (Å²) in [4.78, 5) is 23.0. The Balaban J connectivity index is 1.72. The number of halogens is 1. The van der Waals surface area contributed by atoms with Gasteiger partial charge in [-0.25, -0.2) is 9.18 Å². The van der Waals surface area contributed by atoms with Crippen molar-refractivity contribution in [1.29, 1.82) is 0 Å². The molecule has 1 aliphatic rings. The third kappa shape index (κ3) is 5.38. The summed E-state index contributed by atoms with van der Waals surface area (Å²) in [7, 11) is 0. The first-order chi connectivity index (χ1) is 10.1. The molecule has 4 nitrogen and oxygen atoms in total. The Kier molecular flexibility index (Phi) is 5.49. The number of amides is 1. The maximum Gasteiger partial charge on any atom is 0.331 e. The van der Waals surface area contributed by atoms with E-state index >= 15 is 0 Å². The molecule has 1 aromatic carbocycles. The van der Waals surface area contributed by atoms with E-state index in [1.54, 1.807) is 12.1 Å². The Labute approximate surface area is 123 Å². The molecular weight excluding hydrogens is 273 g/mol. The lowest BCUT2D eigenvalue weighted by atomic mass is 10.2. The number of hydrogen-bond acceptors (Lipinski definition) is 3.